The zero-order valence-corrected chi connectivity index (χ0v) is 10.4. The van der Waals surface area contributed by atoms with Crippen LogP contribution in [0.1, 0.15) is 26.3 Å². The number of aromatic nitrogens is 4. The normalized spacial score (nSPS) is 12.6. The third kappa shape index (κ3) is 2.87. The number of rotatable bonds is 6. The van der Waals surface area contributed by atoms with Gasteiger partial charge in [-0.15, -0.1) is 0 Å². The Morgan fingerprint density at radius 2 is 2.24 bits per heavy atom. The molecule has 0 amide bonds. The van der Waals surface area contributed by atoms with E-state index in [1.807, 2.05) is 24.9 Å². The van der Waals surface area contributed by atoms with Crippen molar-refractivity contribution < 1.29 is 0 Å². The molecule has 17 heavy (non-hydrogen) atoms. The number of anilines is 1. The van der Waals surface area contributed by atoms with E-state index in [1.165, 1.54) is 0 Å². The quantitative estimate of drug-likeness (QED) is 0.831. The molecule has 1 unspecified atom stereocenters. The summed E-state index contributed by atoms with van der Waals surface area (Å²) in [6.07, 6.45) is 10.6. The molecule has 1 N–H and O–H groups in total. The summed E-state index contributed by atoms with van der Waals surface area (Å²) >= 11 is 0. The summed E-state index contributed by atoms with van der Waals surface area (Å²) in [5.41, 5.74) is 0. The molecule has 1 atom stereocenters. The second kappa shape index (κ2) is 5.52. The van der Waals surface area contributed by atoms with Crippen molar-refractivity contribution in [1.29, 1.82) is 0 Å². The Morgan fingerprint density at radius 1 is 1.35 bits per heavy atom. The van der Waals surface area contributed by atoms with Gasteiger partial charge in [0.05, 0.1) is 12.4 Å². The molecule has 5 heteroatoms. The maximum absolute atomic E-state index is 4.33. The van der Waals surface area contributed by atoms with Crippen molar-refractivity contribution in [3.8, 4) is 0 Å². The minimum Gasteiger partial charge on any atom is -0.356 e. The maximum Gasteiger partial charge on any atom is 0.203 e. The van der Waals surface area contributed by atoms with E-state index >= 15 is 0 Å². The largest absolute Gasteiger partial charge is 0.356 e. The van der Waals surface area contributed by atoms with E-state index < -0.39 is 0 Å². The van der Waals surface area contributed by atoms with Crippen LogP contribution < -0.4 is 5.32 Å². The highest BCUT2D eigenvalue weighted by Crippen LogP contribution is 2.15. The summed E-state index contributed by atoms with van der Waals surface area (Å²) in [4.78, 5) is 8.38. The highest BCUT2D eigenvalue weighted by Gasteiger charge is 2.09. The third-order valence-electron chi connectivity index (χ3n) is 2.71. The van der Waals surface area contributed by atoms with Crippen molar-refractivity contribution in [1.82, 2.24) is 19.1 Å². The van der Waals surface area contributed by atoms with Gasteiger partial charge in [0.25, 0.3) is 0 Å². The molecule has 0 bridgehead atoms. The third-order valence-corrected chi connectivity index (χ3v) is 2.71. The second-order valence-corrected chi connectivity index (χ2v) is 4.19. The van der Waals surface area contributed by atoms with Crippen LogP contribution >= 0.6 is 0 Å². The Labute approximate surface area is 102 Å². The SMILES string of the molecule is CCCNc1nccn1C(C)Cn1ccnc1. The van der Waals surface area contributed by atoms with Gasteiger partial charge in [-0.3, -0.25) is 0 Å². The zero-order valence-electron chi connectivity index (χ0n) is 10.4. The minimum atomic E-state index is 0.353. The Kier molecular flexibility index (Phi) is 3.80. The van der Waals surface area contributed by atoms with Crippen LogP contribution in [0.25, 0.3) is 0 Å². The Hall–Kier alpha value is -1.78. The fourth-order valence-corrected chi connectivity index (χ4v) is 1.83. The maximum atomic E-state index is 4.33. The summed E-state index contributed by atoms with van der Waals surface area (Å²) in [7, 11) is 0. The molecule has 0 spiro atoms. The van der Waals surface area contributed by atoms with Crippen LogP contribution in [0.3, 0.4) is 0 Å². The lowest BCUT2D eigenvalue weighted by molar-refractivity contribution is 0.467. The van der Waals surface area contributed by atoms with Crippen molar-refractivity contribution in [2.75, 3.05) is 11.9 Å². The van der Waals surface area contributed by atoms with Crippen LogP contribution in [-0.2, 0) is 6.54 Å². The summed E-state index contributed by atoms with van der Waals surface area (Å²) in [5.74, 6) is 0.944. The second-order valence-electron chi connectivity index (χ2n) is 4.19. The highest BCUT2D eigenvalue weighted by atomic mass is 15.2. The van der Waals surface area contributed by atoms with Crippen molar-refractivity contribution in [3.05, 3.63) is 31.1 Å². The molecule has 0 fully saturated rings. The first-order valence-corrected chi connectivity index (χ1v) is 6.03. The van der Waals surface area contributed by atoms with Gasteiger partial charge in [0.1, 0.15) is 0 Å². The van der Waals surface area contributed by atoms with E-state index in [2.05, 4.69) is 38.3 Å². The number of nitrogens with zero attached hydrogens (tertiary/aromatic N) is 4. The van der Waals surface area contributed by atoms with Gasteiger partial charge in [0.2, 0.25) is 5.95 Å². The fourth-order valence-electron chi connectivity index (χ4n) is 1.83. The predicted octanol–water partition coefficient (Wildman–Crippen LogP) is 2.16. The Balaban J connectivity index is 2.03. The molecule has 2 heterocycles. The summed E-state index contributed by atoms with van der Waals surface area (Å²) < 4.78 is 4.24. The molecule has 0 saturated carbocycles. The van der Waals surface area contributed by atoms with Crippen LogP contribution in [-0.4, -0.2) is 25.6 Å². The van der Waals surface area contributed by atoms with Crippen molar-refractivity contribution in [3.63, 3.8) is 0 Å². The standard InChI is InChI=1S/C12H19N5/c1-3-4-14-12-15-6-8-17(12)11(2)9-16-7-5-13-10-16/h5-8,10-11H,3-4,9H2,1-2H3,(H,14,15). The van der Waals surface area contributed by atoms with E-state index in [0.29, 0.717) is 6.04 Å². The van der Waals surface area contributed by atoms with E-state index in [1.54, 1.807) is 6.20 Å². The molecule has 0 aliphatic carbocycles. The van der Waals surface area contributed by atoms with Gasteiger partial charge in [-0.1, -0.05) is 6.92 Å². The number of hydrogen-bond donors (Lipinski definition) is 1. The molecule has 0 aromatic carbocycles. The van der Waals surface area contributed by atoms with Gasteiger partial charge in [-0.25, -0.2) is 9.97 Å². The summed E-state index contributed by atoms with van der Waals surface area (Å²) in [6.45, 7) is 6.18. The fraction of sp³-hybridized carbons (Fsp3) is 0.500. The number of imidazole rings is 2. The zero-order chi connectivity index (χ0) is 12.1. The van der Waals surface area contributed by atoms with Crippen LogP contribution in [0.2, 0.25) is 0 Å². The lowest BCUT2D eigenvalue weighted by Gasteiger charge is -2.17. The highest BCUT2D eigenvalue weighted by molar-refractivity contribution is 5.26. The van der Waals surface area contributed by atoms with Crippen LogP contribution in [0.15, 0.2) is 31.1 Å². The molecule has 0 radical (unpaired) electrons. The molecule has 2 rings (SSSR count). The Morgan fingerprint density at radius 3 is 2.94 bits per heavy atom. The van der Waals surface area contributed by atoms with Crippen molar-refractivity contribution in [2.45, 2.75) is 32.9 Å². The lowest BCUT2D eigenvalue weighted by Crippen LogP contribution is -2.15. The molecule has 2 aromatic heterocycles. The first-order valence-electron chi connectivity index (χ1n) is 6.03. The van der Waals surface area contributed by atoms with Gasteiger partial charge in [-0.05, 0) is 13.3 Å². The van der Waals surface area contributed by atoms with E-state index in [-0.39, 0.29) is 0 Å². The molecular weight excluding hydrogens is 214 g/mol. The molecule has 2 aromatic rings. The molecular formula is C12H19N5. The summed E-state index contributed by atoms with van der Waals surface area (Å²) in [6, 6.07) is 0.353. The topological polar surface area (TPSA) is 47.7 Å². The van der Waals surface area contributed by atoms with E-state index in [9.17, 15) is 0 Å². The van der Waals surface area contributed by atoms with E-state index in [4.69, 9.17) is 0 Å². The average Bonchev–Trinajstić information content (AvgIpc) is 2.96. The van der Waals surface area contributed by atoms with Gasteiger partial charge in [0, 0.05) is 37.9 Å². The van der Waals surface area contributed by atoms with Crippen molar-refractivity contribution in [2.24, 2.45) is 0 Å². The van der Waals surface area contributed by atoms with Crippen molar-refractivity contribution >= 4 is 5.95 Å². The first-order chi connectivity index (χ1) is 8.31. The monoisotopic (exact) mass is 233 g/mol. The predicted molar refractivity (Wildman–Crippen MR) is 67.9 cm³/mol. The number of nitrogens with one attached hydrogen (secondary N) is 1. The van der Waals surface area contributed by atoms with Gasteiger partial charge < -0.3 is 14.5 Å². The van der Waals surface area contributed by atoms with Crippen LogP contribution in [0.4, 0.5) is 5.95 Å². The molecule has 5 nitrogen and oxygen atoms in total. The summed E-state index contributed by atoms with van der Waals surface area (Å²) in [5, 5.41) is 3.33. The smallest absolute Gasteiger partial charge is 0.203 e. The molecule has 92 valence electrons. The number of hydrogen-bond acceptors (Lipinski definition) is 3. The minimum absolute atomic E-state index is 0.353. The van der Waals surface area contributed by atoms with Crippen LogP contribution in [0.5, 0.6) is 0 Å². The Bertz CT molecular complexity index is 431. The van der Waals surface area contributed by atoms with Crippen LogP contribution in [0, 0.1) is 0 Å². The van der Waals surface area contributed by atoms with Gasteiger partial charge in [-0.2, -0.15) is 0 Å². The molecule has 0 saturated heterocycles. The molecule has 0 aliphatic heterocycles. The molecule has 0 aliphatic rings. The van der Waals surface area contributed by atoms with Gasteiger partial charge in [0.15, 0.2) is 0 Å². The van der Waals surface area contributed by atoms with E-state index in [0.717, 1.165) is 25.5 Å². The first kappa shape index (κ1) is 11.7. The average molecular weight is 233 g/mol. The lowest BCUT2D eigenvalue weighted by atomic mass is 10.3. The van der Waals surface area contributed by atoms with Gasteiger partial charge >= 0.3 is 0 Å².